The van der Waals surface area contributed by atoms with Crippen molar-refractivity contribution >= 4 is 10.9 Å². The van der Waals surface area contributed by atoms with Crippen LogP contribution in [-0.4, -0.2) is 15.8 Å². The van der Waals surface area contributed by atoms with E-state index in [4.69, 9.17) is 5.73 Å². The Morgan fingerprint density at radius 1 is 1.53 bits per heavy atom. The lowest BCUT2D eigenvalue weighted by atomic mass is 10.0. The van der Waals surface area contributed by atoms with Crippen LogP contribution in [0, 0.1) is 5.82 Å². The van der Waals surface area contributed by atoms with Gasteiger partial charge in [-0.15, -0.1) is 0 Å². The highest BCUT2D eigenvalue weighted by Crippen LogP contribution is 2.21. The molecule has 2 aromatic rings. The summed E-state index contributed by atoms with van der Waals surface area (Å²) in [4.78, 5) is 2.94. The average Bonchev–Trinajstić information content (AvgIpc) is 2.45. The summed E-state index contributed by atoms with van der Waals surface area (Å²) in [5, 5.41) is 10.4. The van der Waals surface area contributed by atoms with E-state index in [1.807, 2.05) is 0 Å². The Kier molecular flexibility index (Phi) is 2.25. The summed E-state index contributed by atoms with van der Waals surface area (Å²) >= 11 is 0. The fourth-order valence-electron chi connectivity index (χ4n) is 1.69. The largest absolute Gasteiger partial charge is 0.376 e. The fraction of sp³-hybridized carbons (Fsp3) is 0.273. The first kappa shape index (κ1) is 10.1. The third kappa shape index (κ3) is 2.16. The predicted octanol–water partition coefficient (Wildman–Crippen LogP) is 1.52. The molecular formula is C11H13FN2O. The molecule has 0 fully saturated rings. The number of fused-ring (bicyclic) bond motifs is 1. The molecule has 0 aliphatic heterocycles. The summed E-state index contributed by atoms with van der Waals surface area (Å²) in [5.74, 6) is -0.282. The molecule has 1 heterocycles. The van der Waals surface area contributed by atoms with Gasteiger partial charge in [-0.25, -0.2) is 4.39 Å². The zero-order valence-corrected chi connectivity index (χ0v) is 8.42. The molecule has 1 aromatic carbocycles. The molecule has 4 N–H and O–H groups in total. The summed E-state index contributed by atoms with van der Waals surface area (Å²) in [6, 6.07) is 4.50. The smallest absolute Gasteiger partial charge is 0.125 e. The summed E-state index contributed by atoms with van der Waals surface area (Å²) in [6.45, 7) is 1.54. The van der Waals surface area contributed by atoms with E-state index in [1.54, 1.807) is 12.3 Å². The molecule has 0 saturated carbocycles. The number of hydrogen-bond donors (Lipinski definition) is 3. The number of benzene rings is 1. The monoisotopic (exact) mass is 208 g/mol. The Labute approximate surface area is 86.7 Å². The topological polar surface area (TPSA) is 62.0 Å². The van der Waals surface area contributed by atoms with Crippen molar-refractivity contribution in [2.75, 3.05) is 0 Å². The molecule has 2 rings (SSSR count). The minimum atomic E-state index is -1.25. The van der Waals surface area contributed by atoms with Gasteiger partial charge < -0.3 is 15.8 Å². The van der Waals surface area contributed by atoms with Gasteiger partial charge in [-0.1, -0.05) is 0 Å². The second-order valence-corrected chi connectivity index (χ2v) is 4.04. The van der Waals surface area contributed by atoms with Crippen LogP contribution in [0.2, 0.25) is 0 Å². The van der Waals surface area contributed by atoms with Crippen molar-refractivity contribution < 1.29 is 9.50 Å². The van der Waals surface area contributed by atoms with E-state index in [9.17, 15) is 9.50 Å². The van der Waals surface area contributed by atoms with Crippen molar-refractivity contribution in [1.29, 1.82) is 0 Å². The first-order chi connectivity index (χ1) is 6.96. The Hall–Kier alpha value is -1.39. The molecule has 0 radical (unpaired) electrons. The minimum absolute atomic E-state index is 0.282. The van der Waals surface area contributed by atoms with Crippen LogP contribution in [0.1, 0.15) is 12.5 Å². The highest BCUT2D eigenvalue weighted by Gasteiger charge is 2.16. The van der Waals surface area contributed by atoms with Crippen LogP contribution < -0.4 is 5.73 Å². The van der Waals surface area contributed by atoms with Gasteiger partial charge >= 0.3 is 0 Å². The molecule has 3 nitrogen and oxygen atoms in total. The molecule has 0 aliphatic carbocycles. The van der Waals surface area contributed by atoms with Gasteiger partial charge in [0.05, 0.1) is 0 Å². The molecule has 4 heteroatoms. The van der Waals surface area contributed by atoms with E-state index in [-0.39, 0.29) is 5.82 Å². The number of rotatable bonds is 2. The molecule has 15 heavy (non-hydrogen) atoms. The summed E-state index contributed by atoms with van der Waals surface area (Å²) < 4.78 is 12.9. The zero-order chi connectivity index (χ0) is 11.1. The number of nitrogens with two attached hydrogens (primary N) is 1. The Balaban J connectivity index is 2.45. The summed E-state index contributed by atoms with van der Waals surface area (Å²) in [5.41, 5.74) is 5.87. The lowest BCUT2D eigenvalue weighted by molar-refractivity contribution is 0.0680. The summed E-state index contributed by atoms with van der Waals surface area (Å²) in [6.07, 6.45) is 2.07. The Bertz CT molecular complexity index is 485. The maximum Gasteiger partial charge on any atom is 0.125 e. The van der Waals surface area contributed by atoms with Crippen LogP contribution in [0.5, 0.6) is 0 Å². The number of nitrogens with one attached hydrogen (secondary N) is 1. The van der Waals surface area contributed by atoms with Gasteiger partial charge in [0.1, 0.15) is 11.5 Å². The first-order valence-electron chi connectivity index (χ1n) is 4.72. The van der Waals surface area contributed by atoms with Gasteiger partial charge in [-0.05, 0) is 30.7 Å². The van der Waals surface area contributed by atoms with Crippen molar-refractivity contribution in [3.05, 3.63) is 35.8 Å². The molecular weight excluding hydrogens is 195 g/mol. The molecule has 0 bridgehead atoms. The molecule has 0 amide bonds. The van der Waals surface area contributed by atoms with Crippen LogP contribution in [0.4, 0.5) is 4.39 Å². The maximum atomic E-state index is 12.9. The minimum Gasteiger partial charge on any atom is -0.376 e. The second kappa shape index (κ2) is 3.32. The van der Waals surface area contributed by atoms with Gasteiger partial charge in [0.2, 0.25) is 0 Å². The number of H-pyrrole nitrogens is 1. The lowest BCUT2D eigenvalue weighted by Crippen LogP contribution is -2.37. The van der Waals surface area contributed by atoms with E-state index in [0.29, 0.717) is 11.9 Å². The van der Waals surface area contributed by atoms with Crippen LogP contribution in [0.25, 0.3) is 10.9 Å². The first-order valence-corrected chi connectivity index (χ1v) is 4.72. The second-order valence-electron chi connectivity index (χ2n) is 4.04. The van der Waals surface area contributed by atoms with E-state index in [1.165, 1.54) is 19.1 Å². The van der Waals surface area contributed by atoms with Crippen LogP contribution >= 0.6 is 0 Å². The van der Waals surface area contributed by atoms with Gasteiger partial charge in [0, 0.05) is 23.5 Å². The number of aromatic amines is 1. The van der Waals surface area contributed by atoms with Gasteiger partial charge in [0.25, 0.3) is 0 Å². The number of halogens is 1. The molecule has 1 aromatic heterocycles. The lowest BCUT2D eigenvalue weighted by Gasteiger charge is -2.16. The highest BCUT2D eigenvalue weighted by atomic mass is 19.1. The number of hydrogen-bond acceptors (Lipinski definition) is 2. The van der Waals surface area contributed by atoms with Crippen LogP contribution in [0.15, 0.2) is 24.4 Å². The zero-order valence-electron chi connectivity index (χ0n) is 8.42. The van der Waals surface area contributed by atoms with E-state index in [0.717, 1.165) is 10.9 Å². The molecule has 0 spiro atoms. The van der Waals surface area contributed by atoms with E-state index in [2.05, 4.69) is 4.98 Å². The Morgan fingerprint density at radius 3 is 2.93 bits per heavy atom. The van der Waals surface area contributed by atoms with E-state index >= 15 is 0 Å². The van der Waals surface area contributed by atoms with Crippen LogP contribution in [-0.2, 0) is 6.42 Å². The molecule has 80 valence electrons. The molecule has 0 saturated heterocycles. The molecule has 1 unspecified atom stereocenters. The standard InChI is InChI=1S/C11H13FN2O/c1-11(13,15)5-7-6-14-10-4-8(12)2-3-9(7)10/h2-4,6,14-15H,5,13H2,1H3. The van der Waals surface area contributed by atoms with Crippen molar-refractivity contribution in [2.24, 2.45) is 5.73 Å². The predicted molar refractivity (Wildman–Crippen MR) is 56.8 cm³/mol. The quantitative estimate of drug-likeness (QED) is 0.655. The van der Waals surface area contributed by atoms with Gasteiger partial charge in [-0.2, -0.15) is 0 Å². The normalized spacial score (nSPS) is 15.5. The van der Waals surface area contributed by atoms with Crippen LogP contribution in [0.3, 0.4) is 0 Å². The van der Waals surface area contributed by atoms with Crippen molar-refractivity contribution in [2.45, 2.75) is 19.1 Å². The van der Waals surface area contributed by atoms with Crippen molar-refractivity contribution in [1.82, 2.24) is 4.98 Å². The number of aliphatic hydroxyl groups is 1. The SMILES string of the molecule is CC(N)(O)Cc1c[nH]c2cc(F)ccc12. The fourth-order valence-corrected chi connectivity index (χ4v) is 1.69. The Morgan fingerprint density at radius 2 is 2.27 bits per heavy atom. The summed E-state index contributed by atoms with van der Waals surface area (Å²) in [7, 11) is 0. The molecule has 1 atom stereocenters. The van der Waals surface area contributed by atoms with Crippen molar-refractivity contribution in [3.8, 4) is 0 Å². The third-order valence-electron chi connectivity index (χ3n) is 2.28. The van der Waals surface area contributed by atoms with E-state index < -0.39 is 5.72 Å². The van der Waals surface area contributed by atoms with Gasteiger partial charge in [-0.3, -0.25) is 0 Å². The maximum absolute atomic E-state index is 12.9. The average molecular weight is 208 g/mol. The third-order valence-corrected chi connectivity index (χ3v) is 2.28. The van der Waals surface area contributed by atoms with Crippen molar-refractivity contribution in [3.63, 3.8) is 0 Å². The highest BCUT2D eigenvalue weighted by molar-refractivity contribution is 5.83. The van der Waals surface area contributed by atoms with Gasteiger partial charge in [0.15, 0.2) is 0 Å². The number of aromatic nitrogens is 1. The molecule has 0 aliphatic rings.